The first-order chi connectivity index (χ1) is 11.1. The molecule has 23 heavy (non-hydrogen) atoms. The summed E-state index contributed by atoms with van der Waals surface area (Å²) in [6.45, 7) is 1.64. The van der Waals surface area contributed by atoms with Crippen molar-refractivity contribution in [3.8, 4) is 0 Å². The Morgan fingerprint density at radius 1 is 1.26 bits per heavy atom. The maximum atomic E-state index is 12.6. The maximum absolute atomic E-state index is 12.6. The van der Waals surface area contributed by atoms with Gasteiger partial charge in [0, 0.05) is 16.2 Å². The van der Waals surface area contributed by atoms with E-state index in [0.717, 1.165) is 22.6 Å². The summed E-state index contributed by atoms with van der Waals surface area (Å²) in [5.74, 6) is 0.518. The number of aryl methyl sites for hydroxylation is 1. The summed E-state index contributed by atoms with van der Waals surface area (Å²) in [7, 11) is 0. The summed E-state index contributed by atoms with van der Waals surface area (Å²) in [5.41, 5.74) is 1.56. The number of nitrogens with one attached hydrogen (secondary N) is 1. The minimum Gasteiger partial charge on any atom is -0.345 e. The van der Waals surface area contributed by atoms with E-state index in [1.165, 1.54) is 6.07 Å². The van der Waals surface area contributed by atoms with Crippen molar-refractivity contribution in [3.05, 3.63) is 69.3 Å². The third-order valence-electron chi connectivity index (χ3n) is 3.93. The van der Waals surface area contributed by atoms with Gasteiger partial charge in [-0.2, -0.15) is 0 Å². The largest absolute Gasteiger partial charge is 0.345 e. The molecule has 1 aliphatic rings. The molecule has 0 spiro atoms. The molecule has 0 aromatic heterocycles. The maximum Gasteiger partial charge on any atom is 0.285 e. The van der Waals surface area contributed by atoms with Gasteiger partial charge in [-0.3, -0.25) is 14.9 Å². The summed E-state index contributed by atoms with van der Waals surface area (Å²) >= 11 is 1.77. The molecule has 2 aromatic rings. The number of carbonyl (C=O) groups excluding carboxylic acids is 1. The lowest BCUT2D eigenvalue weighted by Crippen LogP contribution is -2.31. The van der Waals surface area contributed by atoms with Crippen LogP contribution < -0.4 is 5.32 Å². The number of nitro benzene ring substituents is 1. The molecule has 0 saturated carbocycles. The lowest BCUT2D eigenvalue weighted by atomic mass is 10.0. The minimum absolute atomic E-state index is 0.111. The summed E-state index contributed by atoms with van der Waals surface area (Å²) in [4.78, 5) is 24.5. The topological polar surface area (TPSA) is 72.2 Å². The van der Waals surface area contributed by atoms with E-state index in [2.05, 4.69) is 5.32 Å². The monoisotopic (exact) mass is 328 g/mol. The SMILES string of the molecule is Cc1cccc(C(=O)NC2CCSc3ccccc32)c1[N+](=O)[O-]. The van der Waals surface area contributed by atoms with Crippen molar-refractivity contribution in [2.24, 2.45) is 0 Å². The second-order valence-electron chi connectivity index (χ2n) is 5.43. The van der Waals surface area contributed by atoms with Crippen LogP contribution in [0.15, 0.2) is 47.4 Å². The second kappa shape index (κ2) is 6.42. The Morgan fingerprint density at radius 3 is 2.83 bits per heavy atom. The summed E-state index contributed by atoms with van der Waals surface area (Å²) < 4.78 is 0. The Hall–Kier alpha value is -2.34. The highest BCUT2D eigenvalue weighted by molar-refractivity contribution is 7.99. The Labute approximate surface area is 138 Å². The molecule has 3 rings (SSSR count). The molecule has 0 bridgehead atoms. The molecule has 0 radical (unpaired) electrons. The molecule has 2 aromatic carbocycles. The van der Waals surface area contributed by atoms with Crippen LogP contribution >= 0.6 is 11.8 Å². The van der Waals surface area contributed by atoms with Crippen LogP contribution in [0.25, 0.3) is 0 Å². The number of thioether (sulfide) groups is 1. The van der Waals surface area contributed by atoms with Gasteiger partial charge in [0.05, 0.1) is 11.0 Å². The number of amides is 1. The Bertz CT molecular complexity index is 776. The van der Waals surface area contributed by atoms with Crippen molar-refractivity contribution in [2.75, 3.05) is 5.75 Å². The highest BCUT2D eigenvalue weighted by atomic mass is 32.2. The van der Waals surface area contributed by atoms with Crippen LogP contribution in [-0.4, -0.2) is 16.6 Å². The van der Waals surface area contributed by atoms with E-state index in [9.17, 15) is 14.9 Å². The van der Waals surface area contributed by atoms with Gasteiger partial charge in [0.15, 0.2) is 0 Å². The standard InChI is InChI=1S/C17H16N2O3S/c1-11-5-4-7-13(16(11)19(21)22)17(20)18-14-9-10-23-15-8-3-2-6-12(14)15/h2-8,14H,9-10H2,1H3,(H,18,20). The molecule has 0 fully saturated rings. The van der Waals surface area contributed by atoms with Crippen molar-refractivity contribution >= 4 is 23.4 Å². The summed E-state index contributed by atoms with van der Waals surface area (Å²) in [6, 6.07) is 12.7. The zero-order valence-electron chi connectivity index (χ0n) is 12.6. The fraction of sp³-hybridized carbons (Fsp3) is 0.235. The molecule has 6 heteroatoms. The third-order valence-corrected chi connectivity index (χ3v) is 5.05. The van der Waals surface area contributed by atoms with E-state index >= 15 is 0 Å². The van der Waals surface area contributed by atoms with Crippen LogP contribution in [0.3, 0.4) is 0 Å². The number of hydrogen-bond acceptors (Lipinski definition) is 4. The molecule has 5 nitrogen and oxygen atoms in total. The molecule has 1 amide bonds. The second-order valence-corrected chi connectivity index (χ2v) is 6.57. The van der Waals surface area contributed by atoms with E-state index in [1.54, 1.807) is 30.8 Å². The predicted molar refractivity (Wildman–Crippen MR) is 89.8 cm³/mol. The normalized spacial score (nSPS) is 16.5. The highest BCUT2D eigenvalue weighted by Crippen LogP contribution is 2.36. The van der Waals surface area contributed by atoms with Crippen molar-refractivity contribution in [2.45, 2.75) is 24.3 Å². The van der Waals surface area contributed by atoms with Gasteiger partial charge in [-0.1, -0.05) is 30.3 Å². The van der Waals surface area contributed by atoms with Crippen molar-refractivity contribution < 1.29 is 9.72 Å². The van der Waals surface area contributed by atoms with Crippen LogP contribution in [-0.2, 0) is 0 Å². The number of fused-ring (bicyclic) bond motifs is 1. The van der Waals surface area contributed by atoms with E-state index in [-0.39, 0.29) is 17.3 Å². The van der Waals surface area contributed by atoms with Crippen LogP contribution in [0.5, 0.6) is 0 Å². The number of para-hydroxylation sites is 1. The van der Waals surface area contributed by atoms with Crippen LogP contribution in [0, 0.1) is 17.0 Å². The molecule has 118 valence electrons. The van der Waals surface area contributed by atoms with E-state index in [0.29, 0.717) is 5.56 Å². The molecular weight excluding hydrogens is 312 g/mol. The minimum atomic E-state index is -0.491. The first-order valence-corrected chi connectivity index (χ1v) is 8.33. The Morgan fingerprint density at radius 2 is 2.04 bits per heavy atom. The van der Waals surface area contributed by atoms with Crippen LogP contribution in [0.1, 0.15) is 33.9 Å². The van der Waals surface area contributed by atoms with Gasteiger partial charge in [-0.05, 0) is 31.0 Å². The number of hydrogen-bond donors (Lipinski definition) is 1. The molecule has 1 N–H and O–H groups in total. The Kier molecular flexibility index (Phi) is 4.34. The molecule has 0 saturated heterocycles. The molecular formula is C17H16N2O3S. The van der Waals surface area contributed by atoms with Crippen molar-refractivity contribution in [3.63, 3.8) is 0 Å². The van der Waals surface area contributed by atoms with Gasteiger partial charge >= 0.3 is 0 Å². The zero-order valence-corrected chi connectivity index (χ0v) is 13.4. The average molecular weight is 328 g/mol. The molecule has 1 unspecified atom stereocenters. The van der Waals surface area contributed by atoms with E-state index in [4.69, 9.17) is 0 Å². The van der Waals surface area contributed by atoms with E-state index in [1.807, 2.05) is 24.3 Å². The lowest BCUT2D eigenvalue weighted by Gasteiger charge is -2.25. The molecule has 1 atom stereocenters. The third kappa shape index (κ3) is 3.07. The number of benzene rings is 2. The average Bonchev–Trinajstić information content (AvgIpc) is 2.54. The van der Waals surface area contributed by atoms with Crippen LogP contribution in [0.2, 0.25) is 0 Å². The number of rotatable bonds is 3. The lowest BCUT2D eigenvalue weighted by molar-refractivity contribution is -0.385. The fourth-order valence-electron chi connectivity index (χ4n) is 2.81. The fourth-order valence-corrected chi connectivity index (χ4v) is 3.94. The van der Waals surface area contributed by atoms with Crippen molar-refractivity contribution in [1.82, 2.24) is 5.32 Å². The van der Waals surface area contributed by atoms with Gasteiger partial charge in [0.1, 0.15) is 5.56 Å². The van der Waals surface area contributed by atoms with E-state index < -0.39 is 10.8 Å². The molecule has 1 aliphatic heterocycles. The zero-order chi connectivity index (χ0) is 16.4. The molecule has 0 aliphatic carbocycles. The van der Waals surface area contributed by atoms with Gasteiger partial charge in [-0.15, -0.1) is 11.8 Å². The quantitative estimate of drug-likeness (QED) is 0.686. The van der Waals surface area contributed by atoms with Gasteiger partial charge in [0.2, 0.25) is 0 Å². The van der Waals surface area contributed by atoms with Crippen LogP contribution in [0.4, 0.5) is 5.69 Å². The molecule has 1 heterocycles. The van der Waals surface area contributed by atoms with Gasteiger partial charge in [-0.25, -0.2) is 0 Å². The summed E-state index contributed by atoms with van der Waals surface area (Å²) in [6.07, 6.45) is 0.813. The number of nitrogens with zero attached hydrogens (tertiary/aromatic N) is 1. The Balaban J connectivity index is 1.90. The van der Waals surface area contributed by atoms with Crippen molar-refractivity contribution in [1.29, 1.82) is 0 Å². The summed E-state index contributed by atoms with van der Waals surface area (Å²) in [5, 5.41) is 14.2. The smallest absolute Gasteiger partial charge is 0.285 e. The predicted octanol–water partition coefficient (Wildman–Crippen LogP) is 3.87. The van der Waals surface area contributed by atoms with Gasteiger partial charge in [0.25, 0.3) is 11.6 Å². The highest BCUT2D eigenvalue weighted by Gasteiger charge is 2.27. The number of nitro groups is 1. The van der Waals surface area contributed by atoms with Gasteiger partial charge < -0.3 is 5.32 Å². The first kappa shape index (κ1) is 15.6. The number of carbonyl (C=O) groups is 1. The first-order valence-electron chi connectivity index (χ1n) is 7.34.